The van der Waals surface area contributed by atoms with E-state index in [9.17, 15) is 0 Å². The maximum atomic E-state index is 6.44. The summed E-state index contributed by atoms with van der Waals surface area (Å²) in [4.78, 5) is 0. The van der Waals surface area contributed by atoms with E-state index in [0.29, 0.717) is 0 Å². The van der Waals surface area contributed by atoms with Crippen LogP contribution in [0.5, 0.6) is 11.5 Å². The van der Waals surface area contributed by atoms with Gasteiger partial charge in [0.1, 0.15) is 11.5 Å². The summed E-state index contributed by atoms with van der Waals surface area (Å²) in [5.74, 6) is 1.76. The van der Waals surface area contributed by atoms with Crippen molar-refractivity contribution >= 4 is 16.5 Å². The Morgan fingerprint density at radius 1 is 0.871 bits per heavy atom. The molecule has 0 aliphatic carbocycles. The summed E-state index contributed by atoms with van der Waals surface area (Å²) in [5, 5.41) is 9.68. The maximum Gasteiger partial charge on any atom is 0.213 e. The summed E-state index contributed by atoms with van der Waals surface area (Å²) in [6.45, 7) is 0. The molecule has 0 radical (unpaired) electrons. The minimum Gasteiger partial charge on any atom is -0.497 e. The Hall–Kier alpha value is -3.79. The van der Waals surface area contributed by atoms with Crippen LogP contribution >= 0.6 is 0 Å². The Labute approximate surface area is 181 Å². The second-order valence-electron chi connectivity index (χ2n) is 7.99. The van der Waals surface area contributed by atoms with Gasteiger partial charge in [0.2, 0.25) is 6.23 Å². The molecule has 0 bridgehead atoms. The standard InChI is InChI=1S/C27H22N2O2/c1-30-22-14-12-19(13-15-22)27-29-25(23-8-4-5-9-26(23)31-27)17-24(28-29)21-11-10-18-6-2-3-7-20(18)16-21/h2-16,25,27H,17H2,1H3/t25-,27+/m1/s1. The summed E-state index contributed by atoms with van der Waals surface area (Å²) >= 11 is 0. The first-order chi connectivity index (χ1) is 15.3. The highest BCUT2D eigenvalue weighted by molar-refractivity contribution is 6.04. The van der Waals surface area contributed by atoms with E-state index < -0.39 is 0 Å². The molecule has 0 N–H and O–H groups in total. The number of hydrogen-bond acceptors (Lipinski definition) is 4. The van der Waals surface area contributed by atoms with Gasteiger partial charge in [-0.15, -0.1) is 0 Å². The van der Waals surface area contributed by atoms with Crippen LogP contribution in [0.2, 0.25) is 0 Å². The zero-order valence-electron chi connectivity index (χ0n) is 17.2. The number of rotatable bonds is 3. The second kappa shape index (κ2) is 7.17. The molecule has 0 unspecified atom stereocenters. The van der Waals surface area contributed by atoms with Crippen LogP contribution < -0.4 is 9.47 Å². The monoisotopic (exact) mass is 406 g/mol. The van der Waals surface area contributed by atoms with Crippen LogP contribution in [0.25, 0.3) is 10.8 Å². The van der Waals surface area contributed by atoms with E-state index in [1.807, 2.05) is 18.2 Å². The van der Waals surface area contributed by atoms with Gasteiger partial charge in [0.25, 0.3) is 0 Å². The molecule has 4 aromatic rings. The van der Waals surface area contributed by atoms with Gasteiger partial charge >= 0.3 is 0 Å². The third kappa shape index (κ3) is 3.03. The highest BCUT2D eigenvalue weighted by Gasteiger charge is 2.40. The van der Waals surface area contributed by atoms with Crippen molar-refractivity contribution in [1.29, 1.82) is 0 Å². The highest BCUT2D eigenvalue weighted by atomic mass is 16.5. The third-order valence-electron chi connectivity index (χ3n) is 6.18. The number of benzene rings is 4. The molecule has 6 rings (SSSR count). The van der Waals surface area contributed by atoms with Crippen molar-refractivity contribution < 1.29 is 9.47 Å². The van der Waals surface area contributed by atoms with Gasteiger partial charge in [0.05, 0.1) is 18.9 Å². The molecule has 2 atom stereocenters. The highest BCUT2D eigenvalue weighted by Crippen LogP contribution is 2.47. The van der Waals surface area contributed by atoms with Crippen LogP contribution in [0.1, 0.15) is 35.4 Å². The Morgan fingerprint density at radius 2 is 1.65 bits per heavy atom. The molecule has 0 amide bonds. The average Bonchev–Trinajstić information content (AvgIpc) is 3.29. The fraction of sp³-hybridized carbons (Fsp3) is 0.148. The first kappa shape index (κ1) is 18.0. The van der Waals surface area contributed by atoms with Crippen molar-refractivity contribution in [3.05, 3.63) is 108 Å². The molecule has 4 heteroatoms. The summed E-state index contributed by atoms with van der Waals surface area (Å²) in [7, 11) is 1.68. The second-order valence-corrected chi connectivity index (χ2v) is 7.99. The number of hydrogen-bond donors (Lipinski definition) is 0. The van der Waals surface area contributed by atoms with Crippen molar-refractivity contribution in [3.8, 4) is 11.5 Å². The Balaban J connectivity index is 1.43. The Kier molecular flexibility index (Phi) is 4.17. The fourth-order valence-corrected chi connectivity index (χ4v) is 4.57. The van der Waals surface area contributed by atoms with Gasteiger partial charge in [-0.05, 0) is 52.7 Å². The average molecular weight is 406 g/mol. The number of nitrogens with zero attached hydrogens (tertiary/aromatic N) is 2. The van der Waals surface area contributed by atoms with E-state index >= 15 is 0 Å². The normalized spacial score (nSPS) is 19.4. The molecule has 0 aromatic heterocycles. The van der Waals surface area contributed by atoms with E-state index in [4.69, 9.17) is 14.6 Å². The molecule has 2 aliphatic heterocycles. The van der Waals surface area contributed by atoms with Crippen molar-refractivity contribution in [2.45, 2.75) is 18.7 Å². The van der Waals surface area contributed by atoms with Crippen LogP contribution in [0.15, 0.2) is 96.1 Å². The molecular weight excluding hydrogens is 384 g/mol. The van der Waals surface area contributed by atoms with Crippen molar-refractivity contribution in [3.63, 3.8) is 0 Å². The van der Waals surface area contributed by atoms with E-state index in [-0.39, 0.29) is 12.3 Å². The molecule has 2 heterocycles. The summed E-state index contributed by atoms with van der Waals surface area (Å²) in [6, 6.07) is 31.5. The number of para-hydroxylation sites is 1. The molecule has 4 aromatic carbocycles. The van der Waals surface area contributed by atoms with Gasteiger partial charge < -0.3 is 9.47 Å². The fourth-order valence-electron chi connectivity index (χ4n) is 4.57. The zero-order valence-corrected chi connectivity index (χ0v) is 17.2. The molecule has 4 nitrogen and oxygen atoms in total. The van der Waals surface area contributed by atoms with Gasteiger partial charge in [-0.2, -0.15) is 5.10 Å². The quantitative estimate of drug-likeness (QED) is 0.413. The van der Waals surface area contributed by atoms with Crippen LogP contribution in [0.3, 0.4) is 0 Å². The third-order valence-corrected chi connectivity index (χ3v) is 6.18. The summed E-state index contributed by atoms with van der Waals surface area (Å²) in [6.07, 6.45) is 0.578. The minimum atomic E-state index is -0.274. The van der Waals surface area contributed by atoms with Gasteiger partial charge in [0, 0.05) is 17.5 Å². The SMILES string of the molecule is COc1ccc([C@@H]2Oc3ccccc3[C@H]3CC(c4ccc5ccccc5c4)=NN32)cc1. The van der Waals surface area contributed by atoms with Gasteiger partial charge in [-0.1, -0.05) is 54.6 Å². The predicted octanol–water partition coefficient (Wildman–Crippen LogP) is 6.09. The van der Waals surface area contributed by atoms with E-state index in [1.54, 1.807) is 7.11 Å². The molecule has 2 aliphatic rings. The smallest absolute Gasteiger partial charge is 0.213 e. The Morgan fingerprint density at radius 3 is 2.48 bits per heavy atom. The van der Waals surface area contributed by atoms with Gasteiger partial charge in [-0.25, -0.2) is 5.01 Å². The largest absolute Gasteiger partial charge is 0.497 e. The topological polar surface area (TPSA) is 34.1 Å². The van der Waals surface area contributed by atoms with Crippen LogP contribution in [0.4, 0.5) is 0 Å². The summed E-state index contributed by atoms with van der Waals surface area (Å²) in [5.41, 5.74) is 4.50. The first-order valence-corrected chi connectivity index (χ1v) is 10.5. The van der Waals surface area contributed by atoms with Crippen molar-refractivity contribution in [2.75, 3.05) is 7.11 Å². The predicted molar refractivity (Wildman–Crippen MR) is 122 cm³/mol. The van der Waals surface area contributed by atoms with Crippen LogP contribution in [-0.4, -0.2) is 17.8 Å². The van der Waals surface area contributed by atoms with E-state index in [2.05, 4.69) is 77.8 Å². The maximum absolute atomic E-state index is 6.44. The molecule has 0 saturated heterocycles. The number of methoxy groups -OCH3 is 1. The summed E-state index contributed by atoms with van der Waals surface area (Å²) < 4.78 is 11.8. The molecule has 31 heavy (non-hydrogen) atoms. The molecular formula is C27H22N2O2. The Bertz CT molecular complexity index is 1300. The zero-order chi connectivity index (χ0) is 20.8. The first-order valence-electron chi connectivity index (χ1n) is 10.5. The number of hydrazone groups is 1. The van der Waals surface area contributed by atoms with Crippen LogP contribution in [-0.2, 0) is 0 Å². The lowest BCUT2D eigenvalue weighted by atomic mass is 9.95. The number of fused-ring (bicyclic) bond motifs is 4. The van der Waals surface area contributed by atoms with Crippen LogP contribution in [0, 0.1) is 0 Å². The van der Waals surface area contributed by atoms with Crippen molar-refractivity contribution in [2.24, 2.45) is 5.10 Å². The van der Waals surface area contributed by atoms with E-state index in [0.717, 1.165) is 29.2 Å². The molecule has 0 saturated carbocycles. The lowest BCUT2D eigenvalue weighted by molar-refractivity contribution is -0.0190. The van der Waals surface area contributed by atoms with E-state index in [1.165, 1.54) is 21.9 Å². The lowest BCUT2D eigenvalue weighted by Gasteiger charge is -2.38. The molecule has 0 fully saturated rings. The number of ether oxygens (including phenoxy) is 2. The molecule has 152 valence electrons. The lowest BCUT2D eigenvalue weighted by Crippen LogP contribution is -2.33. The molecule has 0 spiro atoms. The van der Waals surface area contributed by atoms with Gasteiger partial charge in [-0.3, -0.25) is 0 Å². The van der Waals surface area contributed by atoms with Crippen molar-refractivity contribution in [1.82, 2.24) is 5.01 Å². The minimum absolute atomic E-state index is 0.151. The van der Waals surface area contributed by atoms with Gasteiger partial charge in [0.15, 0.2) is 0 Å².